The van der Waals surface area contributed by atoms with Crippen molar-refractivity contribution in [3.63, 3.8) is 0 Å². The van der Waals surface area contributed by atoms with Gasteiger partial charge in [-0.25, -0.2) is 0 Å². The van der Waals surface area contributed by atoms with Crippen LogP contribution >= 0.6 is 0 Å². The molecule has 3 unspecified atom stereocenters. The van der Waals surface area contributed by atoms with Crippen LogP contribution < -0.4 is 5.32 Å². The van der Waals surface area contributed by atoms with Gasteiger partial charge in [-0.05, 0) is 96.3 Å². The van der Waals surface area contributed by atoms with Gasteiger partial charge >= 0.3 is 5.97 Å². The number of ether oxygens (including phenoxy) is 1. The van der Waals surface area contributed by atoms with Crippen LogP contribution in [-0.2, 0) is 14.3 Å². The lowest BCUT2D eigenvalue weighted by Crippen LogP contribution is -2.46. The van der Waals surface area contributed by atoms with E-state index in [2.05, 4.69) is 86.8 Å². The van der Waals surface area contributed by atoms with E-state index >= 15 is 0 Å². The quantitative estimate of drug-likeness (QED) is 0.0321. The predicted octanol–water partition coefficient (Wildman–Crippen LogP) is 17.6. The van der Waals surface area contributed by atoms with Crippen molar-refractivity contribution < 1.29 is 24.5 Å². The topological polar surface area (TPSA) is 95.9 Å². The number of esters is 1. The van der Waals surface area contributed by atoms with Crippen LogP contribution in [0.15, 0.2) is 60.8 Å². The van der Waals surface area contributed by atoms with Crippen LogP contribution in [0.5, 0.6) is 0 Å². The van der Waals surface area contributed by atoms with Gasteiger partial charge in [-0.3, -0.25) is 9.59 Å². The van der Waals surface area contributed by atoms with E-state index in [1.54, 1.807) is 0 Å². The van der Waals surface area contributed by atoms with E-state index in [1.165, 1.54) is 141 Å². The van der Waals surface area contributed by atoms with E-state index in [0.717, 1.165) is 96.3 Å². The summed E-state index contributed by atoms with van der Waals surface area (Å²) in [6, 6.07) is -0.712. The van der Waals surface area contributed by atoms with Crippen LogP contribution in [0.1, 0.15) is 284 Å². The van der Waals surface area contributed by atoms with Gasteiger partial charge in [0.05, 0.1) is 25.2 Å². The molecule has 0 aliphatic carbocycles. The second kappa shape index (κ2) is 53.5. The van der Waals surface area contributed by atoms with E-state index in [-0.39, 0.29) is 24.9 Å². The van der Waals surface area contributed by atoms with Gasteiger partial charge in [0, 0.05) is 6.42 Å². The first-order chi connectivity index (χ1) is 32.5. The summed E-state index contributed by atoms with van der Waals surface area (Å²) in [5.74, 6) is -0.498. The highest BCUT2D eigenvalue weighted by Gasteiger charge is 2.24. The molecular weight excluding hydrogens is 815 g/mol. The van der Waals surface area contributed by atoms with E-state index in [1.807, 2.05) is 0 Å². The van der Waals surface area contributed by atoms with Crippen LogP contribution in [0.25, 0.3) is 0 Å². The Balaban J connectivity index is 4.63. The van der Waals surface area contributed by atoms with Gasteiger partial charge in [-0.2, -0.15) is 0 Å². The molecule has 1 amide bonds. The third kappa shape index (κ3) is 48.0. The third-order valence-electron chi connectivity index (χ3n) is 12.8. The Labute approximate surface area is 409 Å². The summed E-state index contributed by atoms with van der Waals surface area (Å²) in [5, 5.41) is 23.9. The first-order valence-corrected chi connectivity index (χ1v) is 28.5. The van der Waals surface area contributed by atoms with Crippen molar-refractivity contribution in [2.24, 2.45) is 0 Å². The number of rotatable bonds is 51. The molecule has 3 atom stereocenters. The molecule has 0 heterocycles. The largest absolute Gasteiger partial charge is 0.462 e. The number of hydrogen-bond acceptors (Lipinski definition) is 5. The average Bonchev–Trinajstić information content (AvgIpc) is 3.31. The van der Waals surface area contributed by atoms with Crippen molar-refractivity contribution in [2.75, 3.05) is 6.61 Å². The normalized spacial score (nSPS) is 13.6. The van der Waals surface area contributed by atoms with Gasteiger partial charge in [-0.1, -0.05) is 236 Å². The molecule has 6 heteroatoms. The van der Waals surface area contributed by atoms with Crippen LogP contribution in [-0.4, -0.2) is 46.9 Å². The van der Waals surface area contributed by atoms with E-state index in [9.17, 15) is 19.8 Å². The minimum atomic E-state index is -0.797. The molecule has 66 heavy (non-hydrogen) atoms. The maximum absolute atomic E-state index is 13.3. The van der Waals surface area contributed by atoms with Gasteiger partial charge in [-0.15, -0.1) is 0 Å². The molecule has 0 rings (SSSR count). The summed E-state index contributed by atoms with van der Waals surface area (Å²) in [6.45, 7) is 6.44. The molecule has 384 valence electrons. The first kappa shape index (κ1) is 63.6. The summed E-state index contributed by atoms with van der Waals surface area (Å²) in [5.41, 5.74) is 0. The Morgan fingerprint density at radius 3 is 1.20 bits per heavy atom. The fraction of sp³-hybridized carbons (Fsp3) is 0.800. The summed E-state index contributed by atoms with van der Waals surface area (Å²) < 4.78 is 5.95. The highest BCUT2D eigenvalue weighted by Crippen LogP contribution is 2.18. The number of allylic oxidation sites excluding steroid dienone is 10. The number of hydrogen-bond donors (Lipinski definition) is 3. The van der Waals surface area contributed by atoms with E-state index in [0.29, 0.717) is 19.3 Å². The van der Waals surface area contributed by atoms with Crippen LogP contribution in [0, 0.1) is 0 Å². The second-order valence-corrected chi connectivity index (χ2v) is 19.3. The van der Waals surface area contributed by atoms with Crippen molar-refractivity contribution >= 4 is 11.9 Å². The zero-order valence-corrected chi connectivity index (χ0v) is 43.8. The van der Waals surface area contributed by atoms with E-state index < -0.39 is 18.2 Å². The number of carbonyl (C=O) groups is 2. The Bertz CT molecular complexity index is 1170. The molecule has 3 N–H and O–H groups in total. The fourth-order valence-corrected chi connectivity index (χ4v) is 8.47. The molecule has 0 aliphatic heterocycles. The minimum Gasteiger partial charge on any atom is -0.462 e. The number of carbonyl (C=O) groups excluding carboxylic acids is 2. The molecule has 0 aliphatic rings. The molecule has 0 saturated heterocycles. The van der Waals surface area contributed by atoms with Crippen LogP contribution in [0.2, 0.25) is 0 Å². The lowest BCUT2D eigenvalue weighted by molar-refractivity contribution is -0.151. The Morgan fingerprint density at radius 1 is 0.439 bits per heavy atom. The van der Waals surface area contributed by atoms with Gasteiger partial charge in [0.25, 0.3) is 0 Å². The van der Waals surface area contributed by atoms with Crippen LogP contribution in [0.3, 0.4) is 0 Å². The summed E-state index contributed by atoms with van der Waals surface area (Å²) >= 11 is 0. The maximum Gasteiger partial charge on any atom is 0.306 e. The van der Waals surface area contributed by atoms with Crippen molar-refractivity contribution in [1.82, 2.24) is 5.32 Å². The van der Waals surface area contributed by atoms with Crippen molar-refractivity contribution in [3.8, 4) is 0 Å². The van der Waals surface area contributed by atoms with Gasteiger partial charge in [0.15, 0.2) is 0 Å². The molecule has 0 spiro atoms. The zero-order chi connectivity index (χ0) is 48.1. The SMILES string of the molecule is CCCCC/C=C\C/C=C\C/C=C\CCCCCCC(CC(=O)NC(CO)C(O)CCCCCCCCCCCCCCC)OC(=O)CCCCCCCCC/C=C\C/C=C\CCCCC. The van der Waals surface area contributed by atoms with Gasteiger partial charge in [0.2, 0.25) is 5.91 Å². The average molecular weight is 925 g/mol. The Hall–Kier alpha value is -2.44. The molecule has 0 aromatic carbocycles. The summed E-state index contributed by atoms with van der Waals surface area (Å²) in [7, 11) is 0. The minimum absolute atomic E-state index is 0.0591. The smallest absolute Gasteiger partial charge is 0.306 e. The number of amides is 1. The molecule has 0 aromatic rings. The number of aliphatic hydroxyl groups excluding tert-OH is 2. The van der Waals surface area contributed by atoms with Crippen molar-refractivity contribution in [3.05, 3.63) is 60.8 Å². The molecule has 0 bridgehead atoms. The molecule has 0 aromatic heterocycles. The summed E-state index contributed by atoms with van der Waals surface area (Å²) in [6.07, 6.45) is 67.0. The molecule has 0 fully saturated rings. The Morgan fingerprint density at radius 2 is 0.773 bits per heavy atom. The fourth-order valence-electron chi connectivity index (χ4n) is 8.47. The van der Waals surface area contributed by atoms with E-state index in [4.69, 9.17) is 4.74 Å². The standard InChI is InChI=1S/C60H109NO5/c1-4-7-10-13-16-19-22-25-27-29-31-34-36-39-42-45-48-51-56(66-60(65)53-50-47-44-41-38-35-32-30-28-26-23-20-17-14-11-8-5-2)54-59(64)61-57(55-62)58(63)52-49-46-43-40-37-33-24-21-18-15-12-9-6-3/h16-17,19-20,25-28,31,34,56-58,62-63H,4-15,18,21-24,29-30,32-33,35-55H2,1-3H3,(H,61,64)/b19-16-,20-17-,27-25-,28-26-,34-31-. The monoisotopic (exact) mass is 924 g/mol. The third-order valence-corrected chi connectivity index (χ3v) is 12.8. The highest BCUT2D eigenvalue weighted by molar-refractivity contribution is 5.77. The van der Waals surface area contributed by atoms with Gasteiger partial charge < -0.3 is 20.3 Å². The maximum atomic E-state index is 13.3. The lowest BCUT2D eigenvalue weighted by atomic mass is 10.0. The molecule has 6 nitrogen and oxygen atoms in total. The molecular formula is C60H109NO5. The zero-order valence-electron chi connectivity index (χ0n) is 43.8. The van der Waals surface area contributed by atoms with Crippen LogP contribution in [0.4, 0.5) is 0 Å². The highest BCUT2D eigenvalue weighted by atomic mass is 16.5. The van der Waals surface area contributed by atoms with Crippen molar-refractivity contribution in [2.45, 2.75) is 302 Å². The second-order valence-electron chi connectivity index (χ2n) is 19.3. The lowest BCUT2D eigenvalue weighted by Gasteiger charge is -2.24. The number of aliphatic hydroxyl groups is 2. The van der Waals surface area contributed by atoms with Gasteiger partial charge in [0.1, 0.15) is 6.10 Å². The number of nitrogens with one attached hydrogen (secondary N) is 1. The Kier molecular flexibility index (Phi) is 51.5. The first-order valence-electron chi connectivity index (χ1n) is 28.5. The molecule has 0 radical (unpaired) electrons. The summed E-state index contributed by atoms with van der Waals surface area (Å²) in [4.78, 5) is 26.3. The number of unbranched alkanes of at least 4 members (excludes halogenated alkanes) is 29. The predicted molar refractivity (Wildman–Crippen MR) is 287 cm³/mol. The molecule has 0 saturated carbocycles. The van der Waals surface area contributed by atoms with Crippen molar-refractivity contribution in [1.29, 1.82) is 0 Å².